The van der Waals surface area contributed by atoms with Gasteiger partial charge in [0.05, 0.1) is 0 Å². The highest BCUT2D eigenvalue weighted by molar-refractivity contribution is 4.75. The molecular weight excluding hydrogens is 146 g/mol. The molecule has 12 heavy (non-hydrogen) atoms. The number of hydrogen-bond donors (Lipinski definition) is 1. The Hall–Kier alpha value is -0.300. The zero-order chi connectivity index (χ0) is 9.56. The molecule has 0 aromatic heterocycles. The summed E-state index contributed by atoms with van der Waals surface area (Å²) in [5, 5.41) is 3.27. The van der Waals surface area contributed by atoms with E-state index in [4.69, 9.17) is 0 Å². The van der Waals surface area contributed by atoms with Crippen molar-refractivity contribution in [2.75, 3.05) is 7.05 Å². The average molecular weight is 169 g/mol. The molecule has 72 valence electrons. The average Bonchev–Trinajstić information content (AvgIpc) is 2.04. The van der Waals surface area contributed by atoms with Crippen LogP contribution in [0.2, 0.25) is 0 Å². The third-order valence-electron chi connectivity index (χ3n) is 2.73. The van der Waals surface area contributed by atoms with Crippen molar-refractivity contribution < 1.29 is 0 Å². The molecule has 0 saturated heterocycles. The van der Waals surface area contributed by atoms with Crippen LogP contribution in [0.25, 0.3) is 0 Å². The Morgan fingerprint density at radius 2 is 1.83 bits per heavy atom. The Morgan fingerprint density at radius 3 is 2.25 bits per heavy atom. The Labute approximate surface area is 77.2 Å². The first-order chi connectivity index (χ1) is 5.61. The molecule has 0 bridgehead atoms. The topological polar surface area (TPSA) is 12.0 Å². The van der Waals surface area contributed by atoms with Crippen molar-refractivity contribution in [2.45, 2.75) is 39.7 Å². The molecule has 0 rings (SSSR count). The maximum absolute atomic E-state index is 3.77. The zero-order valence-corrected chi connectivity index (χ0v) is 8.93. The monoisotopic (exact) mass is 169 g/mol. The number of allylic oxidation sites excluding steroid dienone is 1. The Kier molecular flexibility index (Phi) is 6.09. The van der Waals surface area contributed by atoms with Crippen LogP contribution < -0.4 is 5.32 Å². The fourth-order valence-corrected chi connectivity index (χ4v) is 1.40. The van der Waals surface area contributed by atoms with E-state index in [0.717, 1.165) is 18.3 Å². The molecular formula is C11H23N. The van der Waals surface area contributed by atoms with Crippen LogP contribution in [0.5, 0.6) is 0 Å². The van der Waals surface area contributed by atoms with E-state index >= 15 is 0 Å². The summed E-state index contributed by atoms with van der Waals surface area (Å²) in [6.07, 6.45) is 4.41. The third kappa shape index (κ3) is 4.55. The summed E-state index contributed by atoms with van der Waals surface area (Å²) in [5.74, 6) is 1.55. The molecule has 0 amide bonds. The summed E-state index contributed by atoms with van der Waals surface area (Å²) in [4.78, 5) is 0. The molecule has 0 aromatic carbocycles. The van der Waals surface area contributed by atoms with Gasteiger partial charge in [-0.3, -0.25) is 0 Å². The SMILES string of the molecule is C=CC[C@H](C)[C@@H](C)C[C@@H](C)NC. The minimum absolute atomic E-state index is 0.632. The maximum Gasteiger partial charge on any atom is 0.00383 e. The summed E-state index contributed by atoms with van der Waals surface area (Å²) >= 11 is 0. The van der Waals surface area contributed by atoms with Crippen molar-refractivity contribution in [3.05, 3.63) is 12.7 Å². The zero-order valence-electron chi connectivity index (χ0n) is 8.93. The van der Waals surface area contributed by atoms with Crippen molar-refractivity contribution >= 4 is 0 Å². The smallest absolute Gasteiger partial charge is 0.00383 e. The Bertz CT molecular complexity index is 120. The first kappa shape index (κ1) is 11.7. The largest absolute Gasteiger partial charge is 0.317 e. The predicted octanol–water partition coefficient (Wildman–Crippen LogP) is 2.83. The van der Waals surface area contributed by atoms with Crippen molar-refractivity contribution in [1.82, 2.24) is 5.32 Å². The molecule has 0 saturated carbocycles. The lowest BCUT2D eigenvalue weighted by atomic mass is 9.88. The molecule has 3 atom stereocenters. The van der Waals surface area contributed by atoms with E-state index in [1.54, 1.807) is 0 Å². The molecule has 0 radical (unpaired) electrons. The summed E-state index contributed by atoms with van der Waals surface area (Å²) in [6, 6.07) is 0.632. The lowest BCUT2D eigenvalue weighted by Gasteiger charge is -2.21. The van der Waals surface area contributed by atoms with Crippen LogP contribution in [0.3, 0.4) is 0 Å². The van der Waals surface area contributed by atoms with E-state index < -0.39 is 0 Å². The maximum atomic E-state index is 3.77. The lowest BCUT2D eigenvalue weighted by Crippen LogP contribution is -2.25. The molecule has 1 N–H and O–H groups in total. The molecule has 1 nitrogen and oxygen atoms in total. The molecule has 0 aliphatic rings. The fourth-order valence-electron chi connectivity index (χ4n) is 1.40. The third-order valence-corrected chi connectivity index (χ3v) is 2.73. The van der Waals surface area contributed by atoms with Crippen molar-refractivity contribution in [3.63, 3.8) is 0 Å². The van der Waals surface area contributed by atoms with E-state index in [9.17, 15) is 0 Å². The lowest BCUT2D eigenvalue weighted by molar-refractivity contribution is 0.332. The summed E-state index contributed by atoms with van der Waals surface area (Å²) in [7, 11) is 2.02. The molecule has 0 fully saturated rings. The second kappa shape index (κ2) is 6.24. The van der Waals surface area contributed by atoms with Crippen LogP contribution in [0, 0.1) is 11.8 Å². The normalized spacial score (nSPS) is 18.3. The van der Waals surface area contributed by atoms with Crippen LogP contribution >= 0.6 is 0 Å². The minimum atomic E-state index is 0.632. The summed E-state index contributed by atoms with van der Waals surface area (Å²) < 4.78 is 0. The molecule has 0 spiro atoms. The highest BCUT2D eigenvalue weighted by atomic mass is 14.8. The van der Waals surface area contributed by atoms with Crippen molar-refractivity contribution in [3.8, 4) is 0 Å². The second-order valence-electron chi connectivity index (χ2n) is 3.90. The highest BCUT2D eigenvalue weighted by Crippen LogP contribution is 2.19. The summed E-state index contributed by atoms with van der Waals surface area (Å²) in [6.45, 7) is 10.6. The van der Waals surface area contributed by atoms with E-state index in [0.29, 0.717) is 6.04 Å². The van der Waals surface area contributed by atoms with Gasteiger partial charge in [-0.2, -0.15) is 0 Å². The minimum Gasteiger partial charge on any atom is -0.317 e. The number of rotatable bonds is 6. The van der Waals surface area contributed by atoms with Crippen LogP contribution in [-0.4, -0.2) is 13.1 Å². The first-order valence-corrected chi connectivity index (χ1v) is 4.90. The van der Waals surface area contributed by atoms with E-state index in [1.807, 2.05) is 13.1 Å². The van der Waals surface area contributed by atoms with Gasteiger partial charge >= 0.3 is 0 Å². The van der Waals surface area contributed by atoms with Crippen molar-refractivity contribution in [2.24, 2.45) is 11.8 Å². The molecule has 0 aromatic rings. The Morgan fingerprint density at radius 1 is 1.25 bits per heavy atom. The number of hydrogen-bond acceptors (Lipinski definition) is 1. The van der Waals surface area contributed by atoms with Gasteiger partial charge in [0.1, 0.15) is 0 Å². The van der Waals surface area contributed by atoms with Gasteiger partial charge in [-0.05, 0) is 38.6 Å². The quantitative estimate of drug-likeness (QED) is 0.603. The highest BCUT2D eigenvalue weighted by Gasteiger charge is 2.12. The summed E-state index contributed by atoms with van der Waals surface area (Å²) in [5.41, 5.74) is 0. The fraction of sp³-hybridized carbons (Fsp3) is 0.818. The van der Waals surface area contributed by atoms with Gasteiger partial charge in [-0.1, -0.05) is 19.9 Å². The van der Waals surface area contributed by atoms with E-state index in [2.05, 4.69) is 32.7 Å². The van der Waals surface area contributed by atoms with Gasteiger partial charge in [0.25, 0.3) is 0 Å². The van der Waals surface area contributed by atoms with Gasteiger partial charge in [0.2, 0.25) is 0 Å². The Balaban J connectivity index is 3.69. The van der Waals surface area contributed by atoms with Gasteiger partial charge in [-0.25, -0.2) is 0 Å². The predicted molar refractivity (Wildman–Crippen MR) is 56.3 cm³/mol. The van der Waals surface area contributed by atoms with E-state index in [-0.39, 0.29) is 0 Å². The van der Waals surface area contributed by atoms with Gasteiger partial charge < -0.3 is 5.32 Å². The van der Waals surface area contributed by atoms with Gasteiger partial charge in [0.15, 0.2) is 0 Å². The van der Waals surface area contributed by atoms with Crippen LogP contribution in [0.1, 0.15) is 33.6 Å². The molecule has 0 unspecified atom stereocenters. The first-order valence-electron chi connectivity index (χ1n) is 4.90. The van der Waals surface area contributed by atoms with Gasteiger partial charge in [0, 0.05) is 6.04 Å². The standard InChI is InChI=1S/C11H23N/c1-6-7-9(2)10(3)8-11(4)12-5/h6,9-12H,1,7-8H2,2-5H3/t9-,10-,11+/m0/s1. The van der Waals surface area contributed by atoms with Crippen LogP contribution in [0.4, 0.5) is 0 Å². The molecule has 0 aliphatic carbocycles. The molecule has 1 heteroatoms. The van der Waals surface area contributed by atoms with Gasteiger partial charge in [-0.15, -0.1) is 6.58 Å². The van der Waals surface area contributed by atoms with Crippen molar-refractivity contribution in [1.29, 1.82) is 0 Å². The molecule has 0 heterocycles. The van der Waals surface area contributed by atoms with E-state index in [1.165, 1.54) is 6.42 Å². The number of nitrogens with one attached hydrogen (secondary N) is 1. The second-order valence-corrected chi connectivity index (χ2v) is 3.90. The molecule has 0 aliphatic heterocycles. The van der Waals surface area contributed by atoms with Crippen LogP contribution in [-0.2, 0) is 0 Å². The van der Waals surface area contributed by atoms with Crippen LogP contribution in [0.15, 0.2) is 12.7 Å².